The van der Waals surface area contributed by atoms with Crippen molar-refractivity contribution >= 4 is 68.6 Å². The molecule has 2 aromatic heterocycles. The molecule has 18 heteroatoms. The monoisotopic (exact) mass is 830 g/mol. The number of carbonyl (C=O) groups excluding carboxylic acids is 4. The standard InChI is InChI=1S/C20H17ClF2N2O4.C19H15ClF2N2O4/c1-10-13(8-18(27)24-2)14-7-17(26)15(21)9-16(14)25(10)19(28)11-3-5-12(6-4-11)29-20(22)23;1-9-12(7-17(23)26)13-6-16(25)14(20)8-15(13)24(9)18(27)10-2-4-11(5-3-10)28-19(21)22/h3-7,9,20,26H,8H2,1-2H3,(H,24,27);2-6,8,19,25H,7H2,1H3,(H2,23,26). The minimum Gasteiger partial charge on any atom is -0.506 e. The Labute approximate surface area is 330 Å². The summed E-state index contributed by atoms with van der Waals surface area (Å²) in [6.45, 7) is -2.62. The van der Waals surface area contributed by atoms with Crippen LogP contribution >= 0.6 is 23.2 Å². The number of alkyl halides is 4. The number of aromatic hydroxyl groups is 2. The number of nitrogens with one attached hydrogen (secondary N) is 1. The van der Waals surface area contributed by atoms with E-state index in [1.165, 1.54) is 89.0 Å². The highest BCUT2D eigenvalue weighted by Crippen LogP contribution is 2.36. The quantitative estimate of drug-likeness (QED) is 0.103. The average molecular weight is 832 g/mol. The van der Waals surface area contributed by atoms with Crippen molar-refractivity contribution in [3.63, 3.8) is 0 Å². The molecule has 12 nitrogen and oxygen atoms in total. The summed E-state index contributed by atoms with van der Waals surface area (Å²) in [7, 11) is 1.50. The lowest BCUT2D eigenvalue weighted by molar-refractivity contribution is -0.120. The maximum atomic E-state index is 13.1. The summed E-state index contributed by atoms with van der Waals surface area (Å²) in [4.78, 5) is 49.6. The van der Waals surface area contributed by atoms with Crippen LogP contribution in [0.3, 0.4) is 0 Å². The van der Waals surface area contributed by atoms with Crippen LogP contribution in [0.5, 0.6) is 23.0 Å². The second kappa shape index (κ2) is 17.3. The number of fused-ring (bicyclic) bond motifs is 2. The summed E-state index contributed by atoms with van der Waals surface area (Å²) in [6, 6.07) is 16.1. The molecule has 0 unspecified atom stereocenters. The molecule has 0 bridgehead atoms. The lowest BCUT2D eigenvalue weighted by Gasteiger charge is -2.09. The van der Waals surface area contributed by atoms with Crippen LogP contribution in [-0.4, -0.2) is 63.2 Å². The highest BCUT2D eigenvalue weighted by Gasteiger charge is 2.24. The van der Waals surface area contributed by atoms with E-state index in [1.54, 1.807) is 13.8 Å². The van der Waals surface area contributed by atoms with Gasteiger partial charge in [0.2, 0.25) is 11.8 Å². The van der Waals surface area contributed by atoms with Gasteiger partial charge in [0.25, 0.3) is 11.8 Å². The first-order chi connectivity index (χ1) is 26.9. The maximum Gasteiger partial charge on any atom is 0.387 e. The molecule has 0 aliphatic rings. The van der Waals surface area contributed by atoms with Crippen LogP contribution in [-0.2, 0) is 22.4 Å². The van der Waals surface area contributed by atoms with E-state index in [-0.39, 0.29) is 62.9 Å². The van der Waals surface area contributed by atoms with Gasteiger partial charge in [-0.15, -0.1) is 0 Å². The number of phenols is 2. The molecular formula is C39H32Cl2F4N4O8. The molecule has 0 atom stereocenters. The van der Waals surface area contributed by atoms with Crippen LogP contribution in [0.1, 0.15) is 43.2 Å². The second-order valence-corrected chi connectivity index (χ2v) is 13.2. The number of aromatic nitrogens is 2. The Hall–Kier alpha value is -6.26. The Balaban J connectivity index is 0.000000218. The van der Waals surface area contributed by atoms with Crippen LogP contribution in [0.2, 0.25) is 10.0 Å². The van der Waals surface area contributed by atoms with Crippen molar-refractivity contribution < 1.29 is 56.4 Å². The third-order valence-electron chi connectivity index (χ3n) is 8.83. The number of likely N-dealkylation sites (N-methyl/N-ethyl adjacent to an activating group) is 1. The fourth-order valence-corrected chi connectivity index (χ4v) is 6.50. The SMILES string of the molecule is CNC(=O)Cc1c(C)n(C(=O)c2ccc(OC(F)F)cc2)c2cc(Cl)c(O)cc12.Cc1c(CC(N)=O)c2cc(O)c(Cl)cc2n1C(=O)c1ccc(OC(F)F)cc1. The van der Waals surface area contributed by atoms with Gasteiger partial charge in [-0.1, -0.05) is 23.2 Å². The molecule has 0 fully saturated rings. The van der Waals surface area contributed by atoms with Crippen molar-refractivity contribution in [2.75, 3.05) is 7.05 Å². The van der Waals surface area contributed by atoms with Crippen LogP contribution < -0.4 is 20.5 Å². The van der Waals surface area contributed by atoms with Gasteiger partial charge in [-0.05, 0) is 97.8 Å². The molecule has 2 amide bonds. The van der Waals surface area contributed by atoms with Crippen LogP contribution in [0.15, 0.2) is 72.8 Å². The molecular weight excluding hydrogens is 799 g/mol. The van der Waals surface area contributed by atoms with E-state index in [0.717, 1.165) is 0 Å². The predicted octanol–water partition coefficient (Wildman–Crippen LogP) is 7.51. The molecule has 0 aliphatic heterocycles. The number of halogens is 6. The highest BCUT2D eigenvalue weighted by atomic mass is 35.5. The molecule has 57 heavy (non-hydrogen) atoms. The Morgan fingerprint density at radius 2 is 1.05 bits per heavy atom. The summed E-state index contributed by atoms with van der Waals surface area (Å²) < 4.78 is 60.5. The fourth-order valence-electron chi connectivity index (χ4n) is 6.19. The lowest BCUT2D eigenvalue weighted by atomic mass is 10.1. The molecule has 298 valence electrons. The summed E-state index contributed by atoms with van der Waals surface area (Å²) in [6.07, 6.45) is -0.133. The molecule has 6 aromatic rings. The average Bonchev–Trinajstić information content (AvgIpc) is 3.55. The number of nitrogens with zero attached hydrogens (tertiary/aromatic N) is 2. The molecule has 0 radical (unpaired) electrons. The van der Waals surface area contributed by atoms with E-state index >= 15 is 0 Å². The molecule has 0 saturated heterocycles. The number of carbonyl (C=O) groups is 4. The minimum atomic E-state index is -2.97. The van der Waals surface area contributed by atoms with Gasteiger partial charge in [0.05, 0.1) is 33.9 Å². The number of hydrogen-bond donors (Lipinski definition) is 4. The van der Waals surface area contributed by atoms with Crippen molar-refractivity contribution in [3.05, 3.63) is 116 Å². The number of rotatable bonds is 10. The van der Waals surface area contributed by atoms with Crippen molar-refractivity contribution in [1.29, 1.82) is 0 Å². The Kier molecular flexibility index (Phi) is 12.7. The van der Waals surface area contributed by atoms with Gasteiger partial charge in [0.1, 0.15) is 23.0 Å². The van der Waals surface area contributed by atoms with Crippen LogP contribution in [0, 0.1) is 13.8 Å². The molecule has 6 rings (SSSR count). The first kappa shape index (κ1) is 41.9. The number of phenolic OH excluding ortho intramolecular Hbond substituents is 2. The first-order valence-corrected chi connectivity index (χ1v) is 17.4. The summed E-state index contributed by atoms with van der Waals surface area (Å²) in [5.74, 6) is -2.29. The zero-order valence-corrected chi connectivity index (χ0v) is 31.6. The molecule has 0 saturated carbocycles. The van der Waals surface area contributed by atoms with Gasteiger partial charge in [0, 0.05) is 40.3 Å². The summed E-state index contributed by atoms with van der Waals surface area (Å²) in [5, 5.41) is 23.5. The third-order valence-corrected chi connectivity index (χ3v) is 9.44. The zero-order valence-electron chi connectivity index (χ0n) is 30.1. The van der Waals surface area contributed by atoms with Crippen molar-refractivity contribution in [2.45, 2.75) is 39.9 Å². The van der Waals surface area contributed by atoms with E-state index < -0.39 is 30.9 Å². The highest BCUT2D eigenvalue weighted by molar-refractivity contribution is 6.33. The summed E-state index contributed by atoms with van der Waals surface area (Å²) in [5.41, 5.74) is 8.55. The van der Waals surface area contributed by atoms with E-state index in [1.807, 2.05) is 0 Å². The first-order valence-electron chi connectivity index (χ1n) is 16.6. The van der Waals surface area contributed by atoms with Crippen LogP contribution in [0.4, 0.5) is 17.6 Å². The number of ether oxygens (including phenoxy) is 2. The van der Waals surface area contributed by atoms with Crippen molar-refractivity contribution in [1.82, 2.24) is 14.5 Å². The Morgan fingerprint density at radius 3 is 1.39 bits per heavy atom. The number of nitrogens with two attached hydrogens (primary N) is 1. The van der Waals surface area contributed by atoms with E-state index in [9.17, 15) is 47.0 Å². The largest absolute Gasteiger partial charge is 0.506 e. The topological polar surface area (TPSA) is 175 Å². The molecule has 5 N–H and O–H groups in total. The number of primary amides is 1. The smallest absolute Gasteiger partial charge is 0.387 e. The Bertz CT molecular complexity index is 2520. The Morgan fingerprint density at radius 1 is 0.684 bits per heavy atom. The van der Waals surface area contributed by atoms with Gasteiger partial charge in [0.15, 0.2) is 0 Å². The lowest BCUT2D eigenvalue weighted by Crippen LogP contribution is -2.20. The molecule has 0 aliphatic carbocycles. The van der Waals surface area contributed by atoms with Gasteiger partial charge < -0.3 is 30.7 Å². The predicted molar refractivity (Wildman–Crippen MR) is 203 cm³/mol. The van der Waals surface area contributed by atoms with Crippen molar-refractivity contribution in [2.24, 2.45) is 5.73 Å². The summed E-state index contributed by atoms with van der Waals surface area (Å²) >= 11 is 12.0. The van der Waals surface area contributed by atoms with Gasteiger partial charge in [-0.3, -0.25) is 28.3 Å². The molecule has 0 spiro atoms. The minimum absolute atomic E-state index is 0.00134. The maximum absolute atomic E-state index is 13.1. The number of hydrogen-bond acceptors (Lipinski definition) is 8. The second-order valence-electron chi connectivity index (χ2n) is 12.3. The van der Waals surface area contributed by atoms with Gasteiger partial charge >= 0.3 is 13.2 Å². The zero-order chi connectivity index (χ0) is 41.9. The van der Waals surface area contributed by atoms with E-state index in [2.05, 4.69) is 14.8 Å². The van der Waals surface area contributed by atoms with Gasteiger partial charge in [-0.2, -0.15) is 17.6 Å². The molecule has 2 heterocycles. The van der Waals surface area contributed by atoms with Crippen LogP contribution in [0.25, 0.3) is 21.8 Å². The third kappa shape index (κ3) is 9.08. The number of amides is 2. The fraction of sp³-hybridized carbons (Fsp3) is 0.179. The van der Waals surface area contributed by atoms with E-state index in [4.69, 9.17) is 28.9 Å². The normalized spacial score (nSPS) is 11.1. The van der Waals surface area contributed by atoms with Gasteiger partial charge in [-0.25, -0.2) is 0 Å². The molecule has 4 aromatic carbocycles. The number of benzene rings is 4. The van der Waals surface area contributed by atoms with Crippen molar-refractivity contribution in [3.8, 4) is 23.0 Å². The van der Waals surface area contributed by atoms with E-state index in [0.29, 0.717) is 44.3 Å².